The van der Waals surface area contributed by atoms with Crippen LogP contribution in [0.25, 0.3) is 0 Å². The molecule has 1 aromatic rings. The number of nitrogens with two attached hydrogens (primary N) is 1. The molecule has 0 radical (unpaired) electrons. The lowest BCUT2D eigenvalue weighted by Gasteiger charge is -2.38. The van der Waals surface area contributed by atoms with Gasteiger partial charge in [-0.3, -0.25) is 4.90 Å². The van der Waals surface area contributed by atoms with Crippen LogP contribution in [0.2, 0.25) is 0 Å². The summed E-state index contributed by atoms with van der Waals surface area (Å²) in [7, 11) is 1.65. The Labute approximate surface area is 121 Å². The lowest BCUT2D eigenvalue weighted by Crippen LogP contribution is -2.45. The summed E-state index contributed by atoms with van der Waals surface area (Å²) in [6.07, 6.45) is 3.90. The van der Waals surface area contributed by atoms with Crippen molar-refractivity contribution in [3.8, 4) is 11.5 Å². The van der Waals surface area contributed by atoms with E-state index in [9.17, 15) is 0 Å². The Morgan fingerprint density at radius 2 is 1.90 bits per heavy atom. The number of piperidine rings is 1. The molecule has 1 saturated heterocycles. The summed E-state index contributed by atoms with van der Waals surface area (Å²) in [5, 5.41) is 0. The van der Waals surface area contributed by atoms with Crippen LogP contribution in [0.1, 0.15) is 33.1 Å². The summed E-state index contributed by atoms with van der Waals surface area (Å²) in [6.45, 7) is 6.21. The highest BCUT2D eigenvalue weighted by Crippen LogP contribution is 2.29. The first kappa shape index (κ1) is 15.0. The molecule has 2 N–H and O–H groups in total. The van der Waals surface area contributed by atoms with Crippen molar-refractivity contribution in [2.75, 3.05) is 26.0 Å². The maximum absolute atomic E-state index is 5.86. The quantitative estimate of drug-likeness (QED) is 0.841. The van der Waals surface area contributed by atoms with Gasteiger partial charge in [-0.05, 0) is 38.8 Å². The highest BCUT2D eigenvalue weighted by atomic mass is 16.5. The van der Waals surface area contributed by atoms with E-state index in [0.717, 1.165) is 18.0 Å². The summed E-state index contributed by atoms with van der Waals surface area (Å²) in [5.74, 6) is 1.46. The van der Waals surface area contributed by atoms with Crippen LogP contribution in [0.15, 0.2) is 18.2 Å². The van der Waals surface area contributed by atoms with Crippen LogP contribution in [-0.4, -0.2) is 37.2 Å². The smallest absolute Gasteiger partial charge is 0.163 e. The molecule has 20 heavy (non-hydrogen) atoms. The predicted octanol–water partition coefficient (Wildman–Crippen LogP) is 2.92. The van der Waals surface area contributed by atoms with Crippen LogP contribution in [0.3, 0.4) is 0 Å². The van der Waals surface area contributed by atoms with Crippen LogP contribution in [0, 0.1) is 0 Å². The van der Waals surface area contributed by atoms with Gasteiger partial charge in [-0.15, -0.1) is 0 Å². The van der Waals surface area contributed by atoms with Gasteiger partial charge in [0, 0.05) is 30.4 Å². The molecule has 2 unspecified atom stereocenters. The number of ether oxygens (including phenoxy) is 2. The number of anilines is 1. The van der Waals surface area contributed by atoms with E-state index in [0.29, 0.717) is 24.4 Å². The van der Waals surface area contributed by atoms with Crippen molar-refractivity contribution < 1.29 is 9.47 Å². The number of nitrogen functional groups attached to an aromatic ring is 1. The average molecular weight is 278 g/mol. The van der Waals surface area contributed by atoms with E-state index in [4.69, 9.17) is 15.2 Å². The average Bonchev–Trinajstić information content (AvgIpc) is 2.42. The molecular weight excluding hydrogens is 252 g/mol. The van der Waals surface area contributed by atoms with Crippen LogP contribution >= 0.6 is 0 Å². The van der Waals surface area contributed by atoms with Crippen LogP contribution in [0.5, 0.6) is 11.5 Å². The first-order chi connectivity index (χ1) is 9.61. The molecule has 0 aliphatic carbocycles. The minimum atomic E-state index is 0.644. The Bertz CT molecular complexity index is 426. The van der Waals surface area contributed by atoms with E-state index in [-0.39, 0.29) is 0 Å². The largest absolute Gasteiger partial charge is 0.493 e. The lowest BCUT2D eigenvalue weighted by atomic mass is 9.98. The van der Waals surface area contributed by atoms with E-state index in [1.165, 1.54) is 19.3 Å². The van der Waals surface area contributed by atoms with E-state index >= 15 is 0 Å². The molecule has 1 heterocycles. The second kappa shape index (κ2) is 6.84. The first-order valence-corrected chi connectivity index (χ1v) is 7.44. The van der Waals surface area contributed by atoms with Crippen LogP contribution < -0.4 is 15.2 Å². The number of methoxy groups -OCH3 is 1. The molecule has 112 valence electrons. The van der Waals surface area contributed by atoms with Gasteiger partial charge in [-0.25, -0.2) is 0 Å². The van der Waals surface area contributed by atoms with Crippen LogP contribution in [-0.2, 0) is 0 Å². The van der Waals surface area contributed by atoms with Crippen molar-refractivity contribution in [3.05, 3.63) is 18.2 Å². The minimum Gasteiger partial charge on any atom is -0.493 e. The third-order valence-electron chi connectivity index (χ3n) is 4.17. The monoisotopic (exact) mass is 278 g/mol. The minimum absolute atomic E-state index is 0.644. The summed E-state index contributed by atoms with van der Waals surface area (Å²) in [6, 6.07) is 6.77. The zero-order valence-electron chi connectivity index (χ0n) is 12.8. The zero-order valence-corrected chi connectivity index (χ0v) is 12.8. The zero-order chi connectivity index (χ0) is 14.5. The maximum Gasteiger partial charge on any atom is 0.163 e. The van der Waals surface area contributed by atoms with E-state index in [2.05, 4.69) is 18.7 Å². The van der Waals surface area contributed by atoms with Crippen molar-refractivity contribution in [1.29, 1.82) is 0 Å². The number of benzene rings is 1. The Kier molecular flexibility index (Phi) is 5.12. The van der Waals surface area contributed by atoms with Gasteiger partial charge in [-0.2, -0.15) is 0 Å². The summed E-state index contributed by atoms with van der Waals surface area (Å²) in [4.78, 5) is 2.53. The van der Waals surface area contributed by atoms with Crippen molar-refractivity contribution in [1.82, 2.24) is 4.90 Å². The van der Waals surface area contributed by atoms with Crippen molar-refractivity contribution >= 4 is 5.69 Å². The van der Waals surface area contributed by atoms with Gasteiger partial charge < -0.3 is 15.2 Å². The third-order valence-corrected chi connectivity index (χ3v) is 4.17. The molecule has 0 aromatic heterocycles. The highest BCUT2D eigenvalue weighted by Gasteiger charge is 2.24. The second-order valence-electron chi connectivity index (χ2n) is 5.63. The molecule has 2 atom stereocenters. The first-order valence-electron chi connectivity index (χ1n) is 7.44. The molecule has 2 rings (SSSR count). The highest BCUT2D eigenvalue weighted by molar-refractivity contribution is 5.51. The number of rotatable bonds is 5. The third kappa shape index (κ3) is 3.57. The van der Waals surface area contributed by atoms with Gasteiger partial charge in [0.1, 0.15) is 6.61 Å². The Morgan fingerprint density at radius 1 is 1.20 bits per heavy atom. The lowest BCUT2D eigenvalue weighted by molar-refractivity contribution is 0.0846. The van der Waals surface area contributed by atoms with E-state index in [1.54, 1.807) is 7.11 Å². The fourth-order valence-electron chi connectivity index (χ4n) is 2.98. The molecule has 0 amide bonds. The summed E-state index contributed by atoms with van der Waals surface area (Å²) in [5.41, 5.74) is 6.49. The summed E-state index contributed by atoms with van der Waals surface area (Å²) >= 11 is 0. The van der Waals surface area contributed by atoms with E-state index in [1.807, 2.05) is 18.2 Å². The fourth-order valence-corrected chi connectivity index (χ4v) is 2.98. The molecule has 0 saturated carbocycles. The molecular formula is C16H26N2O2. The van der Waals surface area contributed by atoms with E-state index < -0.39 is 0 Å². The Morgan fingerprint density at radius 3 is 2.55 bits per heavy atom. The molecule has 4 nitrogen and oxygen atoms in total. The van der Waals surface area contributed by atoms with Gasteiger partial charge in [0.25, 0.3) is 0 Å². The van der Waals surface area contributed by atoms with Gasteiger partial charge in [0.2, 0.25) is 0 Å². The Hall–Kier alpha value is -1.42. The maximum atomic E-state index is 5.86. The number of hydrogen-bond acceptors (Lipinski definition) is 4. The van der Waals surface area contributed by atoms with Crippen molar-refractivity contribution in [3.63, 3.8) is 0 Å². The topological polar surface area (TPSA) is 47.7 Å². The molecule has 1 aliphatic heterocycles. The second-order valence-corrected chi connectivity index (χ2v) is 5.63. The molecule has 1 aliphatic rings. The van der Waals surface area contributed by atoms with Gasteiger partial charge in [0.15, 0.2) is 11.5 Å². The van der Waals surface area contributed by atoms with Crippen LogP contribution in [0.4, 0.5) is 5.69 Å². The normalized spacial score (nSPS) is 23.6. The number of nitrogens with zero attached hydrogens (tertiary/aromatic N) is 1. The predicted molar refractivity (Wildman–Crippen MR) is 82.4 cm³/mol. The molecule has 1 fully saturated rings. The van der Waals surface area contributed by atoms with Gasteiger partial charge >= 0.3 is 0 Å². The standard InChI is InChI=1S/C16H26N2O2/c1-12-5-4-6-13(2)18(12)9-10-20-16-11-14(17)7-8-15(16)19-3/h7-8,11-13H,4-6,9-10,17H2,1-3H3. The van der Waals surface area contributed by atoms with Crippen molar-refractivity contribution in [2.45, 2.75) is 45.2 Å². The molecule has 4 heteroatoms. The molecule has 1 aromatic carbocycles. The van der Waals surface area contributed by atoms with Crippen molar-refractivity contribution in [2.24, 2.45) is 0 Å². The summed E-state index contributed by atoms with van der Waals surface area (Å²) < 4.78 is 11.2. The number of hydrogen-bond donors (Lipinski definition) is 1. The fraction of sp³-hybridized carbons (Fsp3) is 0.625. The SMILES string of the molecule is COc1ccc(N)cc1OCCN1C(C)CCCC1C. The molecule has 0 bridgehead atoms. The Balaban J connectivity index is 1.90. The molecule has 0 spiro atoms. The van der Waals surface area contributed by atoms with Gasteiger partial charge in [0.05, 0.1) is 7.11 Å². The van der Waals surface area contributed by atoms with Gasteiger partial charge in [-0.1, -0.05) is 6.42 Å². The number of likely N-dealkylation sites (tertiary alicyclic amines) is 1.